The molecule has 3 N–H and O–H groups in total. The van der Waals surface area contributed by atoms with Crippen LogP contribution in [0.1, 0.15) is 154 Å². The molecule has 5 saturated heterocycles. The number of hydrogen-bond acceptors (Lipinski definition) is 35. The van der Waals surface area contributed by atoms with Crippen molar-refractivity contribution in [2.24, 2.45) is 50.2 Å². The SMILES string of the molecule is CO[C@H]1C(=O)[C@]2(C)[C@@H](OC)C[C@H]3OC[C@@]3(OC(C)=O)[C@H]2[C@H](OC(=O)c2ccccc2)[C@]2(O)[C@@H](O)C(=O)C(C)=C1C2(C)C.CO[C@H]1C(=O)[C@]2(C)[C@@H](OC)C[C@H]3OC[C@@]3(OC(C)=O)[C@H]2[C@H](OC(=O)c2ccccc2)[C@]23OC(=O)O[C@H]2C(=O)C(C)=C1C3(C)C.CO[C@H]1C(=O)[C@]2(C)[C@@H](OC)C[C@H]3OC[C@@]3(OC(C)=O)[C@H]2[C@H](OC(=O)c2ccccc2)[C@]23OC(=O)O[C@H]2[C@H](O)C(C)=C1C3(C)C. The van der Waals surface area contributed by atoms with E-state index in [0.717, 1.165) is 0 Å². The monoisotopic (exact) mass is 1810 g/mol. The number of aliphatic hydroxyl groups is 3. The van der Waals surface area contributed by atoms with Crippen LogP contribution in [0.3, 0.4) is 0 Å². The van der Waals surface area contributed by atoms with E-state index in [1.54, 1.807) is 155 Å². The van der Waals surface area contributed by atoms with E-state index >= 15 is 9.59 Å². The first-order valence-corrected chi connectivity index (χ1v) is 43.2. The van der Waals surface area contributed by atoms with E-state index < -0.39 is 259 Å². The molecule has 14 aliphatic rings. The van der Waals surface area contributed by atoms with Gasteiger partial charge in [0.1, 0.15) is 60.5 Å². The van der Waals surface area contributed by atoms with E-state index in [2.05, 4.69) is 0 Å². The first-order valence-electron chi connectivity index (χ1n) is 43.2. The van der Waals surface area contributed by atoms with Crippen molar-refractivity contribution in [2.45, 2.75) is 254 Å². The van der Waals surface area contributed by atoms with Crippen LogP contribution in [0.15, 0.2) is 124 Å². The van der Waals surface area contributed by atoms with Crippen molar-refractivity contribution in [3.8, 4) is 0 Å². The Kier molecular flexibility index (Phi) is 23.9. The lowest BCUT2D eigenvalue weighted by atomic mass is 9.44. The van der Waals surface area contributed by atoms with Gasteiger partial charge in [0.05, 0.1) is 88.8 Å². The van der Waals surface area contributed by atoms with Gasteiger partial charge in [0.2, 0.25) is 23.1 Å². The summed E-state index contributed by atoms with van der Waals surface area (Å²) in [7, 11) is 8.39. The van der Waals surface area contributed by atoms with Gasteiger partial charge in [-0.05, 0) is 111 Å². The topological polar surface area (TPSA) is 458 Å². The summed E-state index contributed by atoms with van der Waals surface area (Å²) in [4.78, 5) is 179. The van der Waals surface area contributed by atoms with Crippen LogP contribution in [0.25, 0.3) is 0 Å². The average Bonchev–Trinajstić information content (AvgIpc) is 1.34. The molecule has 35 nitrogen and oxygen atoms in total. The van der Waals surface area contributed by atoms with Crippen LogP contribution in [-0.2, 0) is 128 Å². The zero-order valence-electron chi connectivity index (χ0n) is 76.3. The van der Waals surface area contributed by atoms with E-state index in [4.69, 9.17) is 90.0 Å². The summed E-state index contributed by atoms with van der Waals surface area (Å²) in [6, 6.07) is 24.3. The Morgan fingerprint density at radius 3 is 1.06 bits per heavy atom. The largest absolute Gasteiger partial charge is 0.510 e. The van der Waals surface area contributed by atoms with Crippen LogP contribution in [0.5, 0.6) is 0 Å². The van der Waals surface area contributed by atoms with E-state index in [0.29, 0.717) is 11.1 Å². The molecule has 0 amide bonds. The van der Waals surface area contributed by atoms with Gasteiger partial charge in [0.15, 0.2) is 58.2 Å². The quantitative estimate of drug-likeness (QED) is 0.0794. The molecule has 28 atom stereocenters. The first kappa shape index (κ1) is 94.7. The van der Waals surface area contributed by atoms with Crippen molar-refractivity contribution >= 4 is 77.0 Å². The van der Waals surface area contributed by atoms with Crippen LogP contribution in [0.2, 0.25) is 0 Å². The van der Waals surface area contributed by atoms with Gasteiger partial charge in [-0.15, -0.1) is 0 Å². The van der Waals surface area contributed by atoms with Gasteiger partial charge in [-0.25, -0.2) is 24.0 Å². The fourth-order valence-electron chi connectivity index (χ4n) is 25.8. The predicted octanol–water partition coefficient (Wildman–Crippen LogP) is 6.86. The summed E-state index contributed by atoms with van der Waals surface area (Å²) in [5.74, 6) is -11.1. The number of hydrogen-bond donors (Lipinski definition) is 3. The van der Waals surface area contributed by atoms with E-state index in [1.807, 2.05) is 0 Å². The molecule has 130 heavy (non-hydrogen) atoms. The highest BCUT2D eigenvalue weighted by Gasteiger charge is 2.87. The third kappa shape index (κ3) is 12.8. The lowest BCUT2D eigenvalue weighted by Gasteiger charge is -2.67. The number of carbonyl (C=O) groups is 13. The Morgan fingerprint density at radius 1 is 0.400 bits per heavy atom. The van der Waals surface area contributed by atoms with Crippen molar-refractivity contribution in [3.05, 3.63) is 141 Å². The normalized spacial score (nSPS) is 40.9. The van der Waals surface area contributed by atoms with Crippen LogP contribution < -0.4 is 0 Å². The van der Waals surface area contributed by atoms with Crippen LogP contribution in [-0.4, -0.2) is 286 Å². The average molecular weight is 1810 g/mol. The molecular weight excluding hydrogens is 1700 g/mol. The number of rotatable bonds is 15. The summed E-state index contributed by atoms with van der Waals surface area (Å²) in [5.41, 5.74) is -18.2. The predicted molar refractivity (Wildman–Crippen MR) is 443 cm³/mol. The van der Waals surface area contributed by atoms with Gasteiger partial charge >= 0.3 is 48.1 Å². The van der Waals surface area contributed by atoms with Crippen molar-refractivity contribution in [1.29, 1.82) is 0 Å². The molecule has 17 rings (SSSR count). The van der Waals surface area contributed by atoms with Crippen LogP contribution >= 0.6 is 0 Å². The Morgan fingerprint density at radius 2 is 0.715 bits per heavy atom. The van der Waals surface area contributed by atoms with Gasteiger partial charge < -0.3 is 105 Å². The lowest BCUT2D eigenvalue weighted by molar-refractivity contribution is -0.350. The molecule has 702 valence electrons. The second-order valence-corrected chi connectivity index (χ2v) is 38.5. The van der Waals surface area contributed by atoms with Gasteiger partial charge in [-0.2, -0.15) is 0 Å². The molecule has 9 aliphatic carbocycles. The van der Waals surface area contributed by atoms with Gasteiger partial charge in [-0.3, -0.25) is 38.4 Å². The molecule has 5 heterocycles. The fourth-order valence-corrected chi connectivity index (χ4v) is 25.8. The molecule has 35 heteroatoms. The van der Waals surface area contributed by atoms with Crippen LogP contribution in [0.4, 0.5) is 9.59 Å². The number of methoxy groups -OCH3 is 6. The Balaban J connectivity index is 0.000000150. The minimum atomic E-state index is -2.52. The first-order chi connectivity index (χ1) is 61.1. The summed E-state index contributed by atoms with van der Waals surface area (Å²) in [5, 5.41) is 36.3. The molecule has 0 aromatic heterocycles. The number of esters is 6. The van der Waals surface area contributed by atoms with E-state index in [1.165, 1.54) is 82.5 Å². The van der Waals surface area contributed by atoms with Gasteiger partial charge in [0.25, 0.3) is 0 Å². The number of aliphatic hydroxyl groups excluding tert-OH is 2. The summed E-state index contributed by atoms with van der Waals surface area (Å²) in [6.07, 6.45) is -21.8. The molecular formula is C95H112O35. The molecule has 6 bridgehead atoms. The fraction of sp³-hybridized carbons (Fsp3) is 0.611. The number of ketones is 5. The Bertz CT molecular complexity index is 5290. The Labute approximate surface area is 749 Å². The highest BCUT2D eigenvalue weighted by molar-refractivity contribution is 6.07. The highest BCUT2D eigenvalue weighted by Crippen LogP contribution is 2.71. The maximum Gasteiger partial charge on any atom is 0.510 e. The van der Waals surface area contributed by atoms with Gasteiger partial charge in [-0.1, -0.05) is 96.1 Å². The summed E-state index contributed by atoms with van der Waals surface area (Å²) in [6.45, 7) is 22.8. The third-order valence-corrected chi connectivity index (χ3v) is 31.9. The summed E-state index contributed by atoms with van der Waals surface area (Å²) < 4.78 is 114. The number of carbonyl (C=O) groups excluding carboxylic acids is 13. The van der Waals surface area contributed by atoms with E-state index in [-0.39, 0.29) is 78.1 Å². The smallest absolute Gasteiger partial charge is 0.455 e. The Hall–Kier alpha value is -9.89. The molecule has 2 spiro atoms. The van der Waals surface area contributed by atoms with Crippen molar-refractivity contribution in [1.82, 2.24) is 0 Å². The lowest BCUT2D eigenvalue weighted by Crippen LogP contribution is -2.83. The second kappa shape index (κ2) is 32.8. The zero-order chi connectivity index (χ0) is 95.0. The van der Waals surface area contributed by atoms with Crippen molar-refractivity contribution < 1.29 is 168 Å². The maximum absolute atomic E-state index is 15.1. The summed E-state index contributed by atoms with van der Waals surface area (Å²) >= 11 is 0. The molecule has 11 fully saturated rings. The highest BCUT2D eigenvalue weighted by atomic mass is 16.8. The minimum absolute atomic E-state index is 0.0666. The van der Waals surface area contributed by atoms with Crippen LogP contribution in [0, 0.1) is 50.2 Å². The molecule has 3 aromatic carbocycles. The van der Waals surface area contributed by atoms with Crippen molar-refractivity contribution in [2.75, 3.05) is 62.5 Å². The molecule has 6 saturated carbocycles. The second-order valence-electron chi connectivity index (χ2n) is 38.5. The zero-order valence-corrected chi connectivity index (χ0v) is 76.3. The number of ether oxygens (including phenoxy) is 19. The van der Waals surface area contributed by atoms with Gasteiger partial charge in [0, 0.05) is 98.9 Å². The number of benzene rings is 3. The minimum Gasteiger partial charge on any atom is -0.455 e. The van der Waals surface area contributed by atoms with Crippen molar-refractivity contribution in [3.63, 3.8) is 0 Å². The number of Topliss-reactive ketones (excluding diaryl/α,β-unsaturated/α-hetero) is 5. The standard InChI is InChI=1S/C32H38O12.C32H36O12.C31H38O11/c2*1-15-20-22(39-7)24(35)30(5)18(38-6)13-19-31(14-40-19,43-16(2)33)23(30)26(41-27(36)17-11-9-8-10-12-17)32(29(20,3)4)25(21(15)34)42-28(37)44-32;1-15-20-22(39-7)25(35)29(5)18(38-6)13-19-30(14-40-19,42-16(2)32)23(29)26(41-27(36)17-11-9-8-10-12-17)31(37,28(20,3)4)24(34)21(15)33/h8-12,18-19,21-23,25-26,34H,13-14H2,1-7H3;8-12,18-19,22-23,25-26H,13-14H2,1-7H3;8-12,18-19,22-24,26,34,37H,13-14H2,1-7H3/t18-,19+,21+,22+,23-,25-,26-,30+,31-,32+;18-,19+,22+,23-,25-,26-,30+,31-,32+;18-,19+,22+,23-,24-,26-,29+,30-,31+/m000/s1. The number of fused-ring (bicyclic) bond motifs is 13. The molecule has 0 radical (unpaired) electrons. The molecule has 3 aromatic rings. The van der Waals surface area contributed by atoms with E-state index in [9.17, 15) is 68.1 Å². The third-order valence-electron chi connectivity index (χ3n) is 31.9. The molecule has 5 aliphatic heterocycles. The maximum atomic E-state index is 15.1. The molecule has 0 unspecified atom stereocenters.